The highest BCUT2D eigenvalue weighted by Gasteiger charge is 2.17. The van der Waals surface area contributed by atoms with E-state index in [9.17, 15) is 14.4 Å². The van der Waals surface area contributed by atoms with E-state index < -0.39 is 29.8 Å². The summed E-state index contributed by atoms with van der Waals surface area (Å²) in [6.45, 7) is 1.08. The Morgan fingerprint density at radius 1 is 1.45 bits per heavy atom. The van der Waals surface area contributed by atoms with Crippen molar-refractivity contribution in [2.45, 2.75) is 19.2 Å². The summed E-state index contributed by atoms with van der Waals surface area (Å²) in [5.74, 6) is -3.97. The van der Waals surface area contributed by atoms with Crippen LogP contribution in [0.2, 0.25) is 5.82 Å². The molecular formula is C6H7BO4. The molecule has 0 bridgehead atoms. The van der Waals surface area contributed by atoms with Gasteiger partial charge in [-0.25, -0.2) is 0 Å². The number of carbonyl (C=O) groups excluding carboxylic acids is 2. The topological polar surface area (TPSA) is 71.4 Å². The lowest BCUT2D eigenvalue weighted by molar-refractivity contribution is -0.140. The summed E-state index contributed by atoms with van der Waals surface area (Å²) in [5.41, 5.74) is 0. The maximum Gasteiger partial charge on any atom is 0.298 e. The Kier molecular flexibility index (Phi) is 3.50. The van der Waals surface area contributed by atoms with Gasteiger partial charge >= 0.3 is 0 Å². The van der Waals surface area contributed by atoms with Crippen molar-refractivity contribution in [3.05, 3.63) is 0 Å². The first-order valence-electron chi connectivity index (χ1n) is 2.97. The predicted molar refractivity (Wildman–Crippen MR) is 37.4 cm³/mol. The Bertz CT molecular complexity index is 199. The van der Waals surface area contributed by atoms with Gasteiger partial charge < -0.3 is 5.11 Å². The zero-order valence-electron chi connectivity index (χ0n) is 6.03. The fraction of sp³-hybridized carbons (Fsp3) is 0.500. The van der Waals surface area contributed by atoms with E-state index in [1.807, 2.05) is 0 Å². The van der Waals surface area contributed by atoms with E-state index in [1.54, 1.807) is 0 Å². The largest absolute Gasteiger partial charge is 0.482 e. The summed E-state index contributed by atoms with van der Waals surface area (Å²) in [6.07, 6.45) is -0.426. The SMILES string of the molecule is [B]C(CC(=O)C(C)=O)C(=O)O. The highest BCUT2D eigenvalue weighted by molar-refractivity contribution is 6.38. The molecular weight excluding hydrogens is 147 g/mol. The molecule has 0 aromatic heterocycles. The fourth-order valence-corrected chi connectivity index (χ4v) is 0.431. The number of carbonyl (C=O) groups is 3. The number of hydrogen-bond acceptors (Lipinski definition) is 3. The zero-order valence-corrected chi connectivity index (χ0v) is 6.03. The molecule has 0 aliphatic heterocycles. The van der Waals surface area contributed by atoms with Gasteiger partial charge in [0.2, 0.25) is 0 Å². The molecule has 0 fully saturated rings. The third kappa shape index (κ3) is 3.55. The zero-order chi connectivity index (χ0) is 9.02. The first-order valence-corrected chi connectivity index (χ1v) is 2.97. The summed E-state index contributed by atoms with van der Waals surface area (Å²) in [6, 6.07) is 0. The van der Waals surface area contributed by atoms with Crippen LogP contribution >= 0.6 is 0 Å². The first kappa shape index (κ1) is 9.87. The molecule has 1 unspecified atom stereocenters. The van der Waals surface area contributed by atoms with Gasteiger partial charge in [-0.2, -0.15) is 0 Å². The van der Waals surface area contributed by atoms with Gasteiger partial charge in [0, 0.05) is 19.2 Å². The number of aliphatic carboxylic acids is 1. The molecule has 11 heavy (non-hydrogen) atoms. The van der Waals surface area contributed by atoms with Crippen molar-refractivity contribution in [3.63, 3.8) is 0 Å². The van der Waals surface area contributed by atoms with Gasteiger partial charge in [-0.05, 0) is 0 Å². The summed E-state index contributed by atoms with van der Waals surface area (Å²) in [5, 5.41) is 8.22. The van der Waals surface area contributed by atoms with Crippen molar-refractivity contribution < 1.29 is 19.5 Å². The molecule has 0 aromatic rings. The summed E-state index contributed by atoms with van der Waals surface area (Å²) >= 11 is 0. The number of ketones is 2. The Morgan fingerprint density at radius 3 is 2.18 bits per heavy atom. The normalized spacial score (nSPS) is 12.1. The monoisotopic (exact) mass is 154 g/mol. The second kappa shape index (κ2) is 3.90. The summed E-state index contributed by atoms with van der Waals surface area (Å²) in [7, 11) is 4.98. The van der Waals surface area contributed by atoms with Crippen LogP contribution in [0.25, 0.3) is 0 Å². The summed E-state index contributed by atoms with van der Waals surface area (Å²) in [4.78, 5) is 30.9. The third-order valence-corrected chi connectivity index (χ3v) is 1.12. The molecule has 0 aliphatic carbocycles. The van der Waals surface area contributed by atoms with E-state index in [2.05, 4.69) is 0 Å². The molecule has 0 spiro atoms. The van der Waals surface area contributed by atoms with Crippen molar-refractivity contribution in [1.82, 2.24) is 0 Å². The number of carboxylic acids is 1. The van der Waals surface area contributed by atoms with Crippen LogP contribution in [0.15, 0.2) is 0 Å². The molecule has 0 heterocycles. The smallest absolute Gasteiger partial charge is 0.298 e. The molecule has 58 valence electrons. The Morgan fingerprint density at radius 2 is 1.91 bits per heavy atom. The molecule has 1 N–H and O–H groups in total. The van der Waals surface area contributed by atoms with Crippen LogP contribution in [-0.2, 0) is 14.4 Å². The highest BCUT2D eigenvalue weighted by atomic mass is 16.4. The standard InChI is InChI=1S/C6H7BO4/c1-3(8)5(9)2-4(7)6(10)11/h4H,2H2,1H3,(H,10,11). The lowest BCUT2D eigenvalue weighted by atomic mass is 9.83. The molecule has 4 nitrogen and oxygen atoms in total. The lowest BCUT2D eigenvalue weighted by Gasteiger charge is -2.01. The average molecular weight is 154 g/mol. The minimum Gasteiger partial charge on any atom is -0.482 e. The van der Waals surface area contributed by atoms with Crippen molar-refractivity contribution in [1.29, 1.82) is 0 Å². The molecule has 0 aliphatic rings. The van der Waals surface area contributed by atoms with Crippen LogP contribution in [0.4, 0.5) is 0 Å². The van der Waals surface area contributed by atoms with E-state index >= 15 is 0 Å². The van der Waals surface area contributed by atoms with Crippen LogP contribution in [0.5, 0.6) is 0 Å². The maximum absolute atomic E-state index is 10.6. The van der Waals surface area contributed by atoms with Crippen molar-refractivity contribution in [3.8, 4) is 0 Å². The number of hydrogen-bond donors (Lipinski definition) is 1. The van der Waals surface area contributed by atoms with Crippen molar-refractivity contribution in [2.75, 3.05) is 0 Å². The molecule has 1 atom stereocenters. The summed E-state index contributed by atoms with van der Waals surface area (Å²) < 4.78 is 0. The van der Waals surface area contributed by atoms with Crippen LogP contribution < -0.4 is 0 Å². The van der Waals surface area contributed by atoms with E-state index in [-0.39, 0.29) is 0 Å². The minimum absolute atomic E-state index is 0.426. The van der Waals surface area contributed by atoms with Crippen molar-refractivity contribution in [2.24, 2.45) is 0 Å². The van der Waals surface area contributed by atoms with Gasteiger partial charge in [0.05, 0.1) is 7.85 Å². The van der Waals surface area contributed by atoms with Gasteiger partial charge in [-0.15, -0.1) is 0 Å². The third-order valence-electron chi connectivity index (χ3n) is 1.12. The molecule has 2 radical (unpaired) electrons. The number of rotatable bonds is 4. The first-order chi connectivity index (χ1) is 4.95. The molecule has 5 heteroatoms. The minimum atomic E-state index is -1.28. The van der Waals surface area contributed by atoms with Crippen LogP contribution in [0.3, 0.4) is 0 Å². The molecule has 0 rings (SSSR count). The molecule has 0 aromatic carbocycles. The van der Waals surface area contributed by atoms with E-state index in [0.717, 1.165) is 6.92 Å². The Balaban J connectivity index is 3.95. The van der Waals surface area contributed by atoms with E-state index in [1.165, 1.54) is 0 Å². The second-order valence-electron chi connectivity index (χ2n) is 2.13. The van der Waals surface area contributed by atoms with E-state index in [0.29, 0.717) is 0 Å². The van der Waals surface area contributed by atoms with Gasteiger partial charge in [0.1, 0.15) is 0 Å². The highest BCUT2D eigenvalue weighted by Crippen LogP contribution is 2.05. The van der Waals surface area contributed by atoms with Crippen LogP contribution in [0.1, 0.15) is 13.3 Å². The Hall–Kier alpha value is -1.13. The van der Waals surface area contributed by atoms with Crippen LogP contribution in [-0.4, -0.2) is 30.5 Å². The van der Waals surface area contributed by atoms with Gasteiger partial charge in [0.15, 0.2) is 11.6 Å². The van der Waals surface area contributed by atoms with Gasteiger partial charge in [0.25, 0.3) is 5.97 Å². The Labute approximate surface area is 65.0 Å². The fourth-order valence-electron chi connectivity index (χ4n) is 0.431. The molecule has 0 saturated heterocycles. The number of carboxylic acid groups (broad SMARTS) is 1. The van der Waals surface area contributed by atoms with Crippen LogP contribution in [0, 0.1) is 0 Å². The maximum atomic E-state index is 10.6. The second-order valence-corrected chi connectivity index (χ2v) is 2.13. The number of Topliss-reactive ketones (excluding diaryl/α,β-unsaturated/α-hetero) is 2. The molecule has 0 saturated carbocycles. The predicted octanol–water partition coefficient (Wildman–Crippen LogP) is -0.424. The van der Waals surface area contributed by atoms with Gasteiger partial charge in [-0.3, -0.25) is 14.4 Å². The lowest BCUT2D eigenvalue weighted by Crippen LogP contribution is -2.17. The average Bonchev–Trinajstić information content (AvgIpc) is 1.87. The molecule has 0 amide bonds. The quantitative estimate of drug-likeness (QED) is 0.440. The van der Waals surface area contributed by atoms with Gasteiger partial charge in [-0.1, -0.05) is 0 Å². The van der Waals surface area contributed by atoms with E-state index in [4.69, 9.17) is 13.0 Å². The van der Waals surface area contributed by atoms with Crippen molar-refractivity contribution >= 4 is 25.4 Å².